The predicted octanol–water partition coefficient (Wildman–Crippen LogP) is 4.94. The lowest BCUT2D eigenvalue weighted by molar-refractivity contribution is 0.0470. The van der Waals surface area contributed by atoms with Crippen molar-refractivity contribution >= 4 is 29.2 Å². The van der Waals surface area contributed by atoms with Crippen LogP contribution in [0.15, 0.2) is 36.4 Å². The van der Waals surface area contributed by atoms with E-state index in [1.165, 1.54) is 0 Å². The second-order valence-corrected chi connectivity index (χ2v) is 7.50. The van der Waals surface area contributed by atoms with Gasteiger partial charge in [-0.15, -0.1) is 0 Å². The molecule has 29 heavy (non-hydrogen) atoms. The zero-order valence-corrected chi connectivity index (χ0v) is 17.4. The van der Waals surface area contributed by atoms with E-state index in [0.29, 0.717) is 44.9 Å². The van der Waals surface area contributed by atoms with Crippen LogP contribution in [-0.2, 0) is 17.9 Å². The fourth-order valence-corrected chi connectivity index (χ4v) is 3.74. The van der Waals surface area contributed by atoms with Gasteiger partial charge in [0.25, 0.3) is 0 Å². The van der Waals surface area contributed by atoms with Gasteiger partial charge in [-0.05, 0) is 43.2 Å². The first-order valence-corrected chi connectivity index (χ1v) is 9.72. The van der Waals surface area contributed by atoms with Gasteiger partial charge in [0, 0.05) is 5.02 Å². The average Bonchev–Trinajstić information content (AvgIpc) is 3.26. The number of fused-ring (bicyclic) bond motifs is 1. The zero-order valence-electron chi connectivity index (χ0n) is 15.9. The van der Waals surface area contributed by atoms with Crippen molar-refractivity contribution in [1.29, 1.82) is 0 Å². The predicted molar refractivity (Wildman–Crippen MR) is 109 cm³/mol. The van der Waals surface area contributed by atoms with E-state index in [1.807, 2.05) is 31.2 Å². The van der Waals surface area contributed by atoms with Crippen LogP contribution in [0, 0.1) is 13.8 Å². The fourth-order valence-electron chi connectivity index (χ4n) is 3.26. The molecule has 0 N–H and O–H groups in total. The third kappa shape index (κ3) is 3.91. The van der Waals surface area contributed by atoms with Gasteiger partial charge in [-0.3, -0.25) is 4.68 Å². The molecular formula is C21H18Cl2N2O4. The molecule has 8 heteroatoms. The van der Waals surface area contributed by atoms with Crippen LogP contribution >= 0.6 is 23.2 Å². The molecule has 0 atom stereocenters. The standard InChI is InChI=1S/C21H18Cl2N2O4/c1-12-19(13(2)25(24-12)9-15-5-3-4-6-16(15)22)21(26)27-10-14-7-17(23)20-18(8-14)28-11-29-20/h3-8H,9-11H2,1-2H3. The van der Waals surface area contributed by atoms with Crippen molar-refractivity contribution in [3.63, 3.8) is 0 Å². The molecule has 1 aliphatic rings. The summed E-state index contributed by atoms with van der Waals surface area (Å²) >= 11 is 12.4. The number of carbonyl (C=O) groups excluding carboxylic acids is 1. The Morgan fingerprint density at radius 3 is 2.76 bits per heavy atom. The van der Waals surface area contributed by atoms with Gasteiger partial charge in [0.2, 0.25) is 6.79 Å². The number of benzene rings is 2. The van der Waals surface area contributed by atoms with E-state index >= 15 is 0 Å². The number of nitrogens with zero attached hydrogens (tertiary/aromatic N) is 2. The molecule has 0 radical (unpaired) electrons. The van der Waals surface area contributed by atoms with Gasteiger partial charge in [0.1, 0.15) is 12.2 Å². The number of hydrogen-bond acceptors (Lipinski definition) is 5. The Morgan fingerprint density at radius 1 is 1.17 bits per heavy atom. The number of esters is 1. The normalized spacial score (nSPS) is 12.3. The van der Waals surface area contributed by atoms with E-state index in [9.17, 15) is 4.79 Å². The van der Waals surface area contributed by atoms with Crippen molar-refractivity contribution in [2.75, 3.05) is 6.79 Å². The molecule has 0 saturated carbocycles. The molecule has 6 nitrogen and oxygen atoms in total. The molecule has 3 aromatic rings. The number of ether oxygens (including phenoxy) is 3. The fraction of sp³-hybridized carbons (Fsp3) is 0.238. The summed E-state index contributed by atoms with van der Waals surface area (Å²) < 4.78 is 17.9. The summed E-state index contributed by atoms with van der Waals surface area (Å²) in [5.41, 5.74) is 3.41. The van der Waals surface area contributed by atoms with Gasteiger partial charge >= 0.3 is 5.97 Å². The molecule has 0 bridgehead atoms. The minimum absolute atomic E-state index is 0.0593. The topological polar surface area (TPSA) is 62.6 Å². The van der Waals surface area contributed by atoms with Crippen molar-refractivity contribution in [3.05, 3.63) is 74.5 Å². The van der Waals surface area contributed by atoms with Crippen LogP contribution in [0.2, 0.25) is 10.0 Å². The molecule has 0 spiro atoms. The summed E-state index contributed by atoms with van der Waals surface area (Å²) in [5, 5.41) is 5.56. The first kappa shape index (κ1) is 19.6. The summed E-state index contributed by atoms with van der Waals surface area (Å²) in [7, 11) is 0. The van der Waals surface area contributed by atoms with Gasteiger partial charge in [-0.1, -0.05) is 41.4 Å². The van der Waals surface area contributed by atoms with Gasteiger partial charge in [-0.2, -0.15) is 5.10 Å². The summed E-state index contributed by atoms with van der Waals surface area (Å²) in [6, 6.07) is 11.0. The molecule has 2 heterocycles. The quantitative estimate of drug-likeness (QED) is 0.534. The minimum Gasteiger partial charge on any atom is -0.457 e. The van der Waals surface area contributed by atoms with Crippen molar-refractivity contribution in [3.8, 4) is 11.5 Å². The second kappa shape index (κ2) is 7.97. The Labute approximate surface area is 177 Å². The zero-order chi connectivity index (χ0) is 20.5. The molecular weight excluding hydrogens is 415 g/mol. The number of halogens is 2. The lowest BCUT2D eigenvalue weighted by Crippen LogP contribution is -2.09. The molecule has 1 aliphatic heterocycles. The van der Waals surface area contributed by atoms with Crippen molar-refractivity contribution in [2.45, 2.75) is 27.0 Å². The van der Waals surface area contributed by atoms with Gasteiger partial charge in [-0.25, -0.2) is 4.79 Å². The monoisotopic (exact) mass is 432 g/mol. The largest absolute Gasteiger partial charge is 0.457 e. The molecule has 150 valence electrons. The molecule has 0 unspecified atom stereocenters. The van der Waals surface area contributed by atoms with Crippen molar-refractivity contribution in [1.82, 2.24) is 9.78 Å². The third-order valence-corrected chi connectivity index (χ3v) is 5.37. The van der Waals surface area contributed by atoms with Gasteiger partial charge < -0.3 is 14.2 Å². The number of rotatable bonds is 5. The molecule has 4 rings (SSSR count). The highest BCUT2D eigenvalue weighted by atomic mass is 35.5. The number of aryl methyl sites for hydroxylation is 1. The van der Waals surface area contributed by atoms with Crippen LogP contribution < -0.4 is 9.47 Å². The molecule has 0 saturated heterocycles. The summed E-state index contributed by atoms with van der Waals surface area (Å²) in [6.07, 6.45) is 0. The molecule has 1 aromatic heterocycles. The lowest BCUT2D eigenvalue weighted by Gasteiger charge is -2.09. The maximum atomic E-state index is 12.7. The number of hydrogen-bond donors (Lipinski definition) is 0. The Bertz CT molecular complexity index is 1090. The maximum Gasteiger partial charge on any atom is 0.342 e. The third-order valence-electron chi connectivity index (χ3n) is 4.72. The smallest absolute Gasteiger partial charge is 0.342 e. The molecule has 2 aromatic carbocycles. The van der Waals surface area contributed by atoms with E-state index in [2.05, 4.69) is 5.10 Å². The Balaban J connectivity index is 1.50. The van der Waals surface area contributed by atoms with Crippen LogP contribution in [0.25, 0.3) is 0 Å². The molecule has 0 fully saturated rings. The van der Waals surface area contributed by atoms with E-state index in [-0.39, 0.29) is 13.4 Å². The maximum absolute atomic E-state index is 12.7. The Kier molecular flexibility index (Phi) is 5.39. The highest BCUT2D eigenvalue weighted by Crippen LogP contribution is 2.40. The minimum atomic E-state index is -0.445. The van der Waals surface area contributed by atoms with Crippen LogP contribution in [0.4, 0.5) is 0 Å². The lowest BCUT2D eigenvalue weighted by atomic mass is 10.2. The summed E-state index contributed by atoms with van der Waals surface area (Å²) in [4.78, 5) is 12.7. The first-order valence-electron chi connectivity index (χ1n) is 8.96. The van der Waals surface area contributed by atoms with E-state index in [1.54, 1.807) is 23.7 Å². The molecule has 0 amide bonds. The van der Waals surface area contributed by atoms with E-state index in [4.69, 9.17) is 37.4 Å². The molecule has 0 aliphatic carbocycles. The highest BCUT2D eigenvalue weighted by Gasteiger charge is 2.22. The second-order valence-electron chi connectivity index (χ2n) is 6.68. The summed E-state index contributed by atoms with van der Waals surface area (Å²) in [6.45, 7) is 4.28. The SMILES string of the molecule is Cc1nn(Cc2ccccc2Cl)c(C)c1C(=O)OCc1cc(Cl)c2c(c1)OCO2. The highest BCUT2D eigenvalue weighted by molar-refractivity contribution is 6.32. The van der Waals surface area contributed by atoms with E-state index < -0.39 is 5.97 Å². The Hall–Kier alpha value is -2.70. The Morgan fingerprint density at radius 2 is 1.97 bits per heavy atom. The van der Waals surface area contributed by atoms with Gasteiger partial charge in [0.15, 0.2) is 11.5 Å². The van der Waals surface area contributed by atoms with Crippen LogP contribution in [0.1, 0.15) is 32.9 Å². The van der Waals surface area contributed by atoms with Crippen LogP contribution in [0.3, 0.4) is 0 Å². The summed E-state index contributed by atoms with van der Waals surface area (Å²) in [5.74, 6) is 0.608. The van der Waals surface area contributed by atoms with Gasteiger partial charge in [0.05, 0.1) is 23.0 Å². The first-order chi connectivity index (χ1) is 13.9. The van der Waals surface area contributed by atoms with Crippen LogP contribution in [0.5, 0.6) is 11.5 Å². The average molecular weight is 433 g/mol. The van der Waals surface area contributed by atoms with Crippen molar-refractivity contribution < 1.29 is 19.0 Å². The number of aromatic nitrogens is 2. The number of carbonyl (C=O) groups is 1. The van der Waals surface area contributed by atoms with E-state index in [0.717, 1.165) is 11.3 Å². The van der Waals surface area contributed by atoms with Crippen molar-refractivity contribution in [2.24, 2.45) is 0 Å². The van der Waals surface area contributed by atoms with Crippen LogP contribution in [-0.4, -0.2) is 22.5 Å².